The first-order valence-electron chi connectivity index (χ1n) is 7.61. The van der Waals surface area contributed by atoms with Crippen LogP contribution in [0.3, 0.4) is 0 Å². The molecule has 0 spiro atoms. The molecule has 1 aromatic heterocycles. The van der Waals surface area contributed by atoms with Crippen LogP contribution in [0, 0.1) is 22.9 Å². The zero-order valence-electron chi connectivity index (χ0n) is 13.8. The third-order valence-corrected chi connectivity index (χ3v) is 5.48. The van der Waals surface area contributed by atoms with Crippen LogP contribution in [-0.4, -0.2) is 23.3 Å². The van der Waals surface area contributed by atoms with Crippen LogP contribution in [0.2, 0.25) is 5.02 Å². The number of nitro benzene ring substituents is 1. The Labute approximate surface area is 161 Å². The molecule has 0 atom stereocenters. The normalized spacial score (nSPS) is 10.8. The lowest BCUT2D eigenvalue weighted by Crippen LogP contribution is -2.14. The highest BCUT2D eigenvalue weighted by atomic mass is 35.5. The summed E-state index contributed by atoms with van der Waals surface area (Å²) in [5.41, 5.74) is 0.282. The van der Waals surface area contributed by atoms with E-state index in [2.05, 4.69) is 0 Å². The van der Waals surface area contributed by atoms with Gasteiger partial charge in [-0.05, 0) is 25.1 Å². The zero-order chi connectivity index (χ0) is 19.7. The number of benzene rings is 2. The van der Waals surface area contributed by atoms with Crippen LogP contribution in [0.15, 0.2) is 36.4 Å². The van der Waals surface area contributed by atoms with Gasteiger partial charge in [-0.2, -0.15) is 0 Å². The van der Waals surface area contributed by atoms with E-state index in [1.807, 2.05) is 0 Å². The van der Waals surface area contributed by atoms with Crippen molar-refractivity contribution >= 4 is 50.5 Å². The molecule has 9 heteroatoms. The van der Waals surface area contributed by atoms with Gasteiger partial charge in [0.1, 0.15) is 10.7 Å². The van der Waals surface area contributed by atoms with Gasteiger partial charge in [-0.1, -0.05) is 23.7 Å². The lowest BCUT2D eigenvalue weighted by atomic mass is 10.1. The van der Waals surface area contributed by atoms with Crippen LogP contribution in [0.25, 0.3) is 10.1 Å². The van der Waals surface area contributed by atoms with Gasteiger partial charge >= 0.3 is 5.97 Å². The van der Waals surface area contributed by atoms with Crippen LogP contribution in [0.1, 0.15) is 25.6 Å². The summed E-state index contributed by atoms with van der Waals surface area (Å²) in [7, 11) is 0. The molecule has 0 saturated carbocycles. The number of esters is 1. The average molecular weight is 408 g/mol. The predicted octanol–water partition coefficient (Wildman–Crippen LogP) is 4.95. The number of thiophene rings is 1. The summed E-state index contributed by atoms with van der Waals surface area (Å²) in [6.45, 7) is 0.955. The van der Waals surface area contributed by atoms with Crippen molar-refractivity contribution in [2.45, 2.75) is 6.92 Å². The lowest BCUT2D eigenvalue weighted by Gasteiger charge is -2.04. The summed E-state index contributed by atoms with van der Waals surface area (Å²) >= 11 is 7.09. The van der Waals surface area contributed by atoms with Crippen molar-refractivity contribution in [1.29, 1.82) is 0 Å². The number of carbonyl (C=O) groups excluding carboxylic acids is 2. The Kier molecular flexibility index (Phi) is 5.20. The largest absolute Gasteiger partial charge is 0.453 e. The number of ether oxygens (including phenoxy) is 1. The molecular weight excluding hydrogens is 397 g/mol. The Bertz CT molecular complexity index is 1090. The molecule has 0 unspecified atom stereocenters. The van der Waals surface area contributed by atoms with Gasteiger partial charge in [0.05, 0.1) is 9.95 Å². The molecule has 3 aromatic rings. The second-order valence-corrected chi connectivity index (χ2v) is 7.07. The van der Waals surface area contributed by atoms with E-state index in [0.717, 1.165) is 17.4 Å². The Hall–Kier alpha value is -2.84. The fourth-order valence-electron chi connectivity index (χ4n) is 2.43. The van der Waals surface area contributed by atoms with Gasteiger partial charge in [0.25, 0.3) is 5.69 Å². The Morgan fingerprint density at radius 2 is 2.00 bits per heavy atom. The molecule has 0 aliphatic heterocycles. The van der Waals surface area contributed by atoms with Gasteiger partial charge in [0.15, 0.2) is 6.61 Å². The predicted molar refractivity (Wildman–Crippen MR) is 99.2 cm³/mol. The smallest absolute Gasteiger partial charge is 0.350 e. The maximum absolute atomic E-state index is 13.3. The van der Waals surface area contributed by atoms with E-state index in [1.165, 1.54) is 30.3 Å². The topological polar surface area (TPSA) is 86.5 Å². The van der Waals surface area contributed by atoms with Crippen molar-refractivity contribution in [1.82, 2.24) is 0 Å². The number of rotatable bonds is 5. The highest BCUT2D eigenvalue weighted by Crippen LogP contribution is 2.36. The first kappa shape index (κ1) is 18.9. The number of aryl methyl sites for hydroxylation is 1. The summed E-state index contributed by atoms with van der Waals surface area (Å²) in [5, 5.41) is 11.6. The summed E-state index contributed by atoms with van der Waals surface area (Å²) in [4.78, 5) is 34.9. The maximum Gasteiger partial charge on any atom is 0.350 e. The standard InChI is InChI=1S/C18H11ClFNO5S/c1-9-2-3-10(6-13(9)21(24)25)14(22)8-26-18(23)17-16(19)12-5-4-11(20)7-15(12)27-17/h2-7H,8H2,1H3. The fraction of sp³-hybridized carbons (Fsp3) is 0.111. The van der Waals surface area contributed by atoms with Crippen LogP contribution >= 0.6 is 22.9 Å². The van der Waals surface area contributed by atoms with Crippen molar-refractivity contribution in [2.75, 3.05) is 6.61 Å². The lowest BCUT2D eigenvalue weighted by molar-refractivity contribution is -0.385. The second kappa shape index (κ2) is 7.42. The number of fused-ring (bicyclic) bond motifs is 1. The molecule has 0 radical (unpaired) electrons. The molecule has 0 amide bonds. The monoisotopic (exact) mass is 407 g/mol. The third kappa shape index (κ3) is 3.81. The fourth-order valence-corrected chi connectivity index (χ4v) is 3.86. The van der Waals surface area contributed by atoms with Crippen molar-refractivity contribution in [3.8, 4) is 0 Å². The summed E-state index contributed by atoms with van der Waals surface area (Å²) < 4.78 is 18.8. The second-order valence-electron chi connectivity index (χ2n) is 5.64. The molecule has 2 aromatic carbocycles. The van der Waals surface area contributed by atoms with Crippen LogP contribution in [0.5, 0.6) is 0 Å². The number of carbonyl (C=O) groups is 2. The van der Waals surface area contributed by atoms with Gasteiger partial charge in [-0.3, -0.25) is 14.9 Å². The molecule has 27 heavy (non-hydrogen) atoms. The van der Waals surface area contributed by atoms with E-state index >= 15 is 0 Å². The van der Waals surface area contributed by atoms with E-state index in [1.54, 1.807) is 6.92 Å². The van der Waals surface area contributed by atoms with Gasteiger partial charge in [0, 0.05) is 27.3 Å². The summed E-state index contributed by atoms with van der Waals surface area (Å²) in [6, 6.07) is 7.94. The zero-order valence-corrected chi connectivity index (χ0v) is 15.4. The van der Waals surface area contributed by atoms with Gasteiger partial charge < -0.3 is 4.74 Å². The van der Waals surface area contributed by atoms with Crippen molar-refractivity contribution in [3.05, 3.63) is 73.4 Å². The first-order valence-corrected chi connectivity index (χ1v) is 8.80. The van der Waals surface area contributed by atoms with Crippen LogP contribution < -0.4 is 0 Å². The number of hydrogen-bond donors (Lipinski definition) is 0. The summed E-state index contributed by atoms with van der Waals surface area (Å²) in [6.07, 6.45) is 0. The molecule has 0 aliphatic rings. The van der Waals surface area contributed by atoms with Crippen LogP contribution in [-0.2, 0) is 4.74 Å². The number of ketones is 1. The molecule has 0 saturated heterocycles. The molecule has 0 fully saturated rings. The van der Waals surface area contributed by atoms with Crippen molar-refractivity contribution in [2.24, 2.45) is 0 Å². The Morgan fingerprint density at radius 3 is 2.70 bits per heavy atom. The average Bonchev–Trinajstić information content (AvgIpc) is 2.95. The molecule has 0 bridgehead atoms. The van der Waals surface area contributed by atoms with Gasteiger partial charge in [0.2, 0.25) is 5.78 Å². The molecule has 3 rings (SSSR count). The van der Waals surface area contributed by atoms with E-state index in [4.69, 9.17) is 16.3 Å². The number of nitro groups is 1. The van der Waals surface area contributed by atoms with E-state index < -0.39 is 29.1 Å². The Morgan fingerprint density at radius 1 is 1.26 bits per heavy atom. The highest BCUT2D eigenvalue weighted by molar-refractivity contribution is 7.21. The minimum absolute atomic E-state index is 0.0555. The number of nitrogens with zero attached hydrogens (tertiary/aromatic N) is 1. The minimum atomic E-state index is -0.823. The van der Waals surface area contributed by atoms with Gasteiger partial charge in [-0.15, -0.1) is 11.3 Å². The molecular formula is C18H11ClFNO5S. The number of Topliss-reactive ketones (excluding diaryl/α,β-unsaturated/α-hetero) is 1. The molecule has 6 nitrogen and oxygen atoms in total. The van der Waals surface area contributed by atoms with E-state index in [0.29, 0.717) is 15.6 Å². The molecule has 138 valence electrons. The van der Waals surface area contributed by atoms with Gasteiger partial charge in [-0.25, -0.2) is 9.18 Å². The summed E-state index contributed by atoms with van der Waals surface area (Å²) in [5.74, 6) is -1.87. The first-order chi connectivity index (χ1) is 12.8. The van der Waals surface area contributed by atoms with E-state index in [-0.39, 0.29) is 21.2 Å². The number of hydrogen-bond acceptors (Lipinski definition) is 6. The van der Waals surface area contributed by atoms with Crippen molar-refractivity contribution in [3.63, 3.8) is 0 Å². The Balaban J connectivity index is 1.76. The van der Waals surface area contributed by atoms with Crippen molar-refractivity contribution < 1.29 is 23.6 Å². The minimum Gasteiger partial charge on any atom is -0.453 e. The highest BCUT2D eigenvalue weighted by Gasteiger charge is 2.21. The van der Waals surface area contributed by atoms with E-state index in [9.17, 15) is 24.1 Å². The van der Waals surface area contributed by atoms with Crippen LogP contribution in [0.4, 0.5) is 10.1 Å². The molecule has 0 aliphatic carbocycles. The SMILES string of the molecule is Cc1ccc(C(=O)COC(=O)c2sc3cc(F)ccc3c2Cl)cc1[N+](=O)[O-]. The quantitative estimate of drug-likeness (QED) is 0.258. The molecule has 1 heterocycles. The number of halogens is 2. The molecule has 0 N–H and O–H groups in total. The third-order valence-electron chi connectivity index (χ3n) is 3.84. The maximum atomic E-state index is 13.3.